The molecule has 3 aromatic rings. The van der Waals surface area contributed by atoms with Crippen molar-refractivity contribution in [2.24, 2.45) is 0 Å². The molecule has 2 N–H and O–H groups in total. The smallest absolute Gasteiger partial charge is 0.407 e. The van der Waals surface area contributed by atoms with Gasteiger partial charge in [0.25, 0.3) is 5.91 Å². The topological polar surface area (TPSA) is 136 Å². The van der Waals surface area contributed by atoms with Crippen molar-refractivity contribution >= 4 is 29.1 Å². The molecule has 0 spiro atoms. The van der Waals surface area contributed by atoms with E-state index >= 15 is 0 Å². The number of aryl methyl sites for hydroxylation is 2. The van der Waals surface area contributed by atoms with E-state index in [0.717, 1.165) is 22.2 Å². The highest BCUT2D eigenvalue weighted by atomic mass is 16.5. The molecule has 1 aromatic carbocycles. The Labute approximate surface area is 201 Å². The third-order valence-corrected chi connectivity index (χ3v) is 6.39. The Bertz CT molecular complexity index is 1290. The third kappa shape index (κ3) is 4.48. The molecule has 0 saturated carbocycles. The maximum absolute atomic E-state index is 13.2. The number of ether oxygens (including phenoxy) is 3. The predicted molar refractivity (Wildman–Crippen MR) is 125 cm³/mol. The SMILES string of the molecule is COC(=O)N[C@](CCc1cnc2[nH]cnc2c1C)(CN1Cc2ccc(OC)cc2C1=O)C(=O)OC. The molecule has 3 heterocycles. The van der Waals surface area contributed by atoms with E-state index in [-0.39, 0.29) is 25.4 Å². The normalized spacial score (nSPS) is 14.4. The number of imidazole rings is 1. The first kappa shape index (κ1) is 24.0. The zero-order valence-electron chi connectivity index (χ0n) is 20.0. The number of amides is 2. The summed E-state index contributed by atoms with van der Waals surface area (Å²) in [5.41, 5.74) is 2.88. The maximum atomic E-state index is 13.2. The van der Waals surface area contributed by atoms with Gasteiger partial charge in [-0.2, -0.15) is 0 Å². The highest BCUT2D eigenvalue weighted by Crippen LogP contribution is 2.30. The fourth-order valence-electron chi connectivity index (χ4n) is 4.41. The number of nitrogens with zero attached hydrogens (tertiary/aromatic N) is 3. The van der Waals surface area contributed by atoms with Crippen molar-refractivity contribution in [1.82, 2.24) is 25.2 Å². The number of hydrogen-bond acceptors (Lipinski definition) is 8. The molecule has 0 fully saturated rings. The zero-order valence-corrected chi connectivity index (χ0v) is 20.0. The van der Waals surface area contributed by atoms with E-state index in [1.165, 1.54) is 26.2 Å². The van der Waals surface area contributed by atoms with Gasteiger partial charge >= 0.3 is 12.1 Å². The Balaban J connectivity index is 1.65. The summed E-state index contributed by atoms with van der Waals surface area (Å²) >= 11 is 0. The van der Waals surface area contributed by atoms with Crippen molar-refractivity contribution in [1.29, 1.82) is 0 Å². The highest BCUT2D eigenvalue weighted by molar-refractivity contribution is 5.99. The molecule has 11 nitrogen and oxygen atoms in total. The number of nitrogens with one attached hydrogen (secondary N) is 2. The van der Waals surface area contributed by atoms with Crippen LogP contribution in [0.2, 0.25) is 0 Å². The number of H-pyrrole nitrogens is 1. The summed E-state index contributed by atoms with van der Waals surface area (Å²) in [5.74, 6) is -0.395. The number of aromatic nitrogens is 3. The van der Waals surface area contributed by atoms with Crippen LogP contribution in [0.15, 0.2) is 30.7 Å². The van der Waals surface area contributed by atoms with Gasteiger partial charge in [-0.15, -0.1) is 0 Å². The number of rotatable bonds is 8. The van der Waals surface area contributed by atoms with Crippen LogP contribution in [0, 0.1) is 6.92 Å². The minimum atomic E-state index is -1.56. The zero-order chi connectivity index (χ0) is 25.2. The lowest BCUT2D eigenvalue weighted by molar-refractivity contribution is -0.149. The average Bonchev–Trinajstić information content (AvgIpc) is 3.47. The number of esters is 1. The van der Waals surface area contributed by atoms with Gasteiger partial charge in [0.1, 0.15) is 11.3 Å². The number of pyridine rings is 1. The monoisotopic (exact) mass is 481 g/mol. The molecule has 11 heteroatoms. The number of methoxy groups -OCH3 is 3. The second-order valence-corrected chi connectivity index (χ2v) is 8.38. The van der Waals surface area contributed by atoms with Gasteiger partial charge in [0.15, 0.2) is 11.2 Å². The standard InChI is InChI=1S/C24H27N5O6/c1-14-15(10-25-20-19(14)26-13-27-20)7-8-24(22(31)34-3,28-23(32)35-4)12-29-11-16-5-6-17(33-2)9-18(16)21(29)30/h5-6,9-10,13H,7-8,11-12H2,1-4H3,(H,28,32)(H,25,26,27)/t24-/m1/s1. The van der Waals surface area contributed by atoms with E-state index in [4.69, 9.17) is 14.2 Å². The molecule has 0 radical (unpaired) electrons. The largest absolute Gasteiger partial charge is 0.497 e. The van der Waals surface area contributed by atoms with Crippen molar-refractivity contribution in [3.05, 3.63) is 53.0 Å². The van der Waals surface area contributed by atoms with Crippen LogP contribution in [-0.4, -0.2) is 71.2 Å². The Morgan fingerprint density at radius 1 is 1.20 bits per heavy atom. The minimum absolute atomic E-state index is 0.109. The fourth-order valence-corrected chi connectivity index (χ4v) is 4.41. The summed E-state index contributed by atoms with van der Waals surface area (Å²) in [7, 11) is 3.97. The summed E-state index contributed by atoms with van der Waals surface area (Å²) in [6.07, 6.45) is 2.97. The van der Waals surface area contributed by atoms with Crippen molar-refractivity contribution in [2.75, 3.05) is 27.9 Å². The van der Waals surface area contributed by atoms with Crippen LogP contribution in [0.1, 0.15) is 33.5 Å². The molecule has 35 heavy (non-hydrogen) atoms. The summed E-state index contributed by atoms with van der Waals surface area (Å²) in [4.78, 5) is 51.9. The van der Waals surface area contributed by atoms with Gasteiger partial charge in [-0.1, -0.05) is 6.07 Å². The predicted octanol–water partition coefficient (Wildman–Crippen LogP) is 2.13. The van der Waals surface area contributed by atoms with Crippen LogP contribution < -0.4 is 10.1 Å². The molecule has 184 valence electrons. The molecule has 2 amide bonds. The van der Waals surface area contributed by atoms with Crippen LogP contribution in [0.25, 0.3) is 11.2 Å². The lowest BCUT2D eigenvalue weighted by Gasteiger charge is -2.35. The molecule has 1 aliphatic heterocycles. The van der Waals surface area contributed by atoms with E-state index < -0.39 is 17.6 Å². The molecule has 0 unspecified atom stereocenters. The van der Waals surface area contributed by atoms with Gasteiger partial charge in [0.05, 0.1) is 34.2 Å². The maximum Gasteiger partial charge on any atom is 0.407 e. The number of carbonyl (C=O) groups is 3. The molecule has 0 bridgehead atoms. The molecule has 1 atom stereocenters. The Kier molecular flexibility index (Phi) is 6.59. The Morgan fingerprint density at radius 2 is 2.00 bits per heavy atom. The van der Waals surface area contributed by atoms with Crippen molar-refractivity contribution in [3.63, 3.8) is 0 Å². The molecule has 1 aliphatic rings. The van der Waals surface area contributed by atoms with Gasteiger partial charge in [-0.25, -0.2) is 19.6 Å². The van der Waals surface area contributed by atoms with Crippen LogP contribution in [0.4, 0.5) is 4.79 Å². The van der Waals surface area contributed by atoms with Crippen LogP contribution in [0.5, 0.6) is 5.75 Å². The first-order valence-electron chi connectivity index (χ1n) is 11.0. The number of benzene rings is 1. The van der Waals surface area contributed by atoms with Crippen LogP contribution in [0.3, 0.4) is 0 Å². The van der Waals surface area contributed by atoms with Gasteiger partial charge in [-0.05, 0) is 48.6 Å². The van der Waals surface area contributed by atoms with E-state index in [1.807, 2.05) is 13.0 Å². The summed E-state index contributed by atoms with van der Waals surface area (Å²) in [6.45, 7) is 2.09. The lowest BCUT2D eigenvalue weighted by atomic mass is 9.89. The second kappa shape index (κ2) is 9.61. The summed E-state index contributed by atoms with van der Waals surface area (Å²) in [6, 6.07) is 5.25. The first-order valence-corrected chi connectivity index (χ1v) is 11.0. The second-order valence-electron chi connectivity index (χ2n) is 8.38. The molecular weight excluding hydrogens is 454 g/mol. The van der Waals surface area contributed by atoms with Gasteiger partial charge in [0, 0.05) is 18.3 Å². The first-order chi connectivity index (χ1) is 16.8. The van der Waals surface area contributed by atoms with Crippen molar-refractivity contribution in [2.45, 2.75) is 31.8 Å². The number of aromatic amines is 1. The quantitative estimate of drug-likeness (QED) is 0.467. The van der Waals surface area contributed by atoms with E-state index in [9.17, 15) is 14.4 Å². The van der Waals surface area contributed by atoms with Crippen LogP contribution in [-0.2, 0) is 27.2 Å². The fraction of sp³-hybridized carbons (Fsp3) is 0.375. The number of hydrogen-bond donors (Lipinski definition) is 2. The van der Waals surface area contributed by atoms with Crippen molar-refractivity contribution < 1.29 is 28.6 Å². The average molecular weight is 482 g/mol. The van der Waals surface area contributed by atoms with Gasteiger partial charge in [0.2, 0.25) is 0 Å². The van der Waals surface area contributed by atoms with Crippen LogP contribution >= 0.6 is 0 Å². The molecule has 0 aliphatic carbocycles. The number of carbonyl (C=O) groups excluding carboxylic acids is 3. The van der Waals surface area contributed by atoms with E-state index in [0.29, 0.717) is 23.4 Å². The summed E-state index contributed by atoms with van der Waals surface area (Å²) in [5, 5.41) is 2.65. The molecule has 4 rings (SSSR count). The molecule has 0 saturated heterocycles. The lowest BCUT2D eigenvalue weighted by Crippen LogP contribution is -2.61. The Hall–Kier alpha value is -4.15. The summed E-state index contributed by atoms with van der Waals surface area (Å²) < 4.78 is 15.1. The van der Waals surface area contributed by atoms with Crippen molar-refractivity contribution in [3.8, 4) is 5.75 Å². The van der Waals surface area contributed by atoms with E-state index in [2.05, 4.69) is 20.3 Å². The number of alkyl carbamates (subject to hydrolysis) is 1. The van der Waals surface area contributed by atoms with Gasteiger partial charge < -0.3 is 29.4 Å². The minimum Gasteiger partial charge on any atom is -0.497 e. The number of fused-ring (bicyclic) bond motifs is 2. The Morgan fingerprint density at radius 3 is 2.71 bits per heavy atom. The third-order valence-electron chi connectivity index (χ3n) is 6.39. The van der Waals surface area contributed by atoms with Gasteiger partial charge in [-0.3, -0.25) is 4.79 Å². The highest BCUT2D eigenvalue weighted by Gasteiger charge is 2.45. The molecule has 2 aromatic heterocycles. The molecular formula is C24H27N5O6. The van der Waals surface area contributed by atoms with E-state index in [1.54, 1.807) is 24.7 Å².